The Morgan fingerprint density at radius 1 is 1.15 bits per heavy atom. The van der Waals surface area contributed by atoms with Gasteiger partial charge in [-0.25, -0.2) is 0 Å². The molecule has 1 aliphatic rings. The molecule has 0 saturated carbocycles. The maximum Gasteiger partial charge on any atom is 0.322 e. The van der Waals surface area contributed by atoms with Gasteiger partial charge in [0, 0.05) is 27.4 Å². The van der Waals surface area contributed by atoms with Crippen LogP contribution < -0.4 is 4.74 Å². The molecule has 134 valence electrons. The first kappa shape index (κ1) is 18.5. The average Bonchev–Trinajstić information content (AvgIpc) is 2.63. The molecule has 1 aliphatic heterocycles. The van der Waals surface area contributed by atoms with E-state index >= 15 is 0 Å². The molecule has 0 unspecified atom stereocenters. The van der Waals surface area contributed by atoms with E-state index in [9.17, 15) is 14.4 Å². The molecule has 0 amide bonds. The second kappa shape index (κ2) is 7.54. The zero-order valence-electron chi connectivity index (χ0n) is 14.6. The number of halogens is 1. The number of benzene rings is 2. The zero-order chi connectivity index (χ0) is 18.8. The summed E-state index contributed by atoms with van der Waals surface area (Å²) in [6.07, 6.45) is 0.515. The van der Waals surface area contributed by atoms with Gasteiger partial charge in [-0.1, -0.05) is 53.2 Å². The van der Waals surface area contributed by atoms with E-state index in [2.05, 4.69) is 15.9 Å². The Labute approximate surface area is 160 Å². The van der Waals surface area contributed by atoms with Gasteiger partial charge >= 0.3 is 5.97 Å². The molecule has 1 heterocycles. The van der Waals surface area contributed by atoms with Gasteiger partial charge in [-0.15, -0.1) is 0 Å². The van der Waals surface area contributed by atoms with Gasteiger partial charge in [0.2, 0.25) is 0 Å². The summed E-state index contributed by atoms with van der Waals surface area (Å²) < 4.78 is 6.19. The smallest absolute Gasteiger partial charge is 0.322 e. The van der Waals surface area contributed by atoms with Crippen LogP contribution in [0.3, 0.4) is 0 Å². The standard InChI is InChI=1S/C21H19BrO4/c1-3-15(20(24)13-7-5-4-6-8-13)19-16-11-14(22)9-10-17(16)26-21(25)18(19)12(2)23/h4-11,15,18-19H,3H2,1-2H3/t15-,18+,19+/m1/s1. The van der Waals surface area contributed by atoms with Crippen LogP contribution in [0.15, 0.2) is 53.0 Å². The van der Waals surface area contributed by atoms with Crippen molar-refractivity contribution < 1.29 is 19.1 Å². The van der Waals surface area contributed by atoms with Crippen molar-refractivity contribution in [3.63, 3.8) is 0 Å². The Bertz CT molecular complexity index is 860. The van der Waals surface area contributed by atoms with Crippen LogP contribution in [-0.2, 0) is 9.59 Å². The van der Waals surface area contributed by atoms with Crippen LogP contribution in [0.25, 0.3) is 0 Å². The number of rotatable bonds is 5. The normalized spacial score (nSPS) is 20.0. The summed E-state index contributed by atoms with van der Waals surface area (Å²) in [6, 6.07) is 14.3. The van der Waals surface area contributed by atoms with Crippen molar-refractivity contribution in [1.82, 2.24) is 0 Å². The molecular formula is C21H19BrO4. The molecule has 4 nitrogen and oxygen atoms in total. The summed E-state index contributed by atoms with van der Waals surface area (Å²) in [5.41, 5.74) is 1.30. The van der Waals surface area contributed by atoms with E-state index in [1.807, 2.05) is 31.2 Å². The van der Waals surface area contributed by atoms with Gasteiger partial charge in [0.1, 0.15) is 17.5 Å². The molecule has 2 aromatic carbocycles. The van der Waals surface area contributed by atoms with Gasteiger partial charge in [-0.05, 0) is 31.5 Å². The van der Waals surface area contributed by atoms with E-state index < -0.39 is 23.7 Å². The lowest BCUT2D eigenvalue weighted by Gasteiger charge is -2.35. The van der Waals surface area contributed by atoms with Gasteiger partial charge < -0.3 is 4.74 Å². The monoisotopic (exact) mass is 414 g/mol. The number of Topliss-reactive ketones (excluding diaryl/α,β-unsaturated/α-hetero) is 2. The minimum absolute atomic E-state index is 0.0648. The highest BCUT2D eigenvalue weighted by atomic mass is 79.9. The predicted octanol–water partition coefficient (Wildman–Crippen LogP) is 4.57. The number of esters is 1. The lowest BCUT2D eigenvalue weighted by Crippen LogP contribution is -2.41. The summed E-state index contributed by atoms with van der Waals surface area (Å²) >= 11 is 3.43. The summed E-state index contributed by atoms with van der Waals surface area (Å²) in [7, 11) is 0. The summed E-state index contributed by atoms with van der Waals surface area (Å²) in [5.74, 6) is -2.54. The first-order chi connectivity index (χ1) is 12.4. The fourth-order valence-corrected chi connectivity index (χ4v) is 4.04. The van der Waals surface area contributed by atoms with Crippen molar-refractivity contribution in [3.8, 4) is 5.75 Å². The van der Waals surface area contributed by atoms with Gasteiger partial charge in [0.05, 0.1) is 0 Å². The fourth-order valence-electron chi connectivity index (χ4n) is 3.66. The third-order valence-electron chi connectivity index (χ3n) is 4.86. The highest BCUT2D eigenvalue weighted by Crippen LogP contribution is 2.45. The van der Waals surface area contributed by atoms with E-state index in [1.165, 1.54) is 6.92 Å². The molecule has 0 fully saturated rings. The Morgan fingerprint density at radius 2 is 1.85 bits per heavy atom. The van der Waals surface area contributed by atoms with E-state index in [0.717, 1.165) is 10.0 Å². The lowest BCUT2D eigenvalue weighted by atomic mass is 9.70. The predicted molar refractivity (Wildman–Crippen MR) is 101 cm³/mol. The maximum absolute atomic E-state index is 13.2. The molecule has 0 spiro atoms. The highest BCUT2D eigenvalue weighted by molar-refractivity contribution is 9.10. The summed E-state index contributed by atoms with van der Waals surface area (Å²) in [6.45, 7) is 3.28. The Hall–Kier alpha value is -2.27. The number of hydrogen-bond acceptors (Lipinski definition) is 4. The van der Waals surface area contributed by atoms with Gasteiger partial charge in [-0.3, -0.25) is 14.4 Å². The maximum atomic E-state index is 13.2. The van der Waals surface area contributed by atoms with Crippen molar-refractivity contribution in [3.05, 3.63) is 64.1 Å². The molecule has 26 heavy (non-hydrogen) atoms. The van der Waals surface area contributed by atoms with Crippen molar-refractivity contribution in [1.29, 1.82) is 0 Å². The zero-order valence-corrected chi connectivity index (χ0v) is 16.2. The van der Waals surface area contributed by atoms with Crippen LogP contribution in [0.4, 0.5) is 0 Å². The molecule has 0 aromatic heterocycles. The Kier molecular flexibility index (Phi) is 5.37. The number of ketones is 2. The van der Waals surface area contributed by atoms with Crippen molar-refractivity contribution in [2.75, 3.05) is 0 Å². The minimum Gasteiger partial charge on any atom is -0.426 e. The van der Waals surface area contributed by atoms with Crippen LogP contribution in [-0.4, -0.2) is 17.5 Å². The highest BCUT2D eigenvalue weighted by Gasteiger charge is 2.46. The largest absolute Gasteiger partial charge is 0.426 e. The molecule has 3 rings (SSSR count). The van der Waals surface area contributed by atoms with Crippen molar-refractivity contribution >= 4 is 33.5 Å². The van der Waals surface area contributed by atoms with Gasteiger partial charge in [0.25, 0.3) is 0 Å². The second-order valence-corrected chi connectivity index (χ2v) is 7.38. The molecule has 5 heteroatoms. The molecule has 3 atom stereocenters. The van der Waals surface area contributed by atoms with Crippen LogP contribution >= 0.6 is 15.9 Å². The third-order valence-corrected chi connectivity index (χ3v) is 5.35. The summed E-state index contributed by atoms with van der Waals surface area (Å²) in [4.78, 5) is 37.9. The van der Waals surface area contributed by atoms with E-state index in [0.29, 0.717) is 17.7 Å². The van der Waals surface area contributed by atoms with E-state index in [-0.39, 0.29) is 11.6 Å². The molecule has 0 saturated heterocycles. The lowest BCUT2D eigenvalue weighted by molar-refractivity contribution is -0.146. The van der Waals surface area contributed by atoms with E-state index in [1.54, 1.807) is 24.3 Å². The molecule has 0 N–H and O–H groups in total. The van der Waals surface area contributed by atoms with Crippen LogP contribution in [0.2, 0.25) is 0 Å². The van der Waals surface area contributed by atoms with Gasteiger partial charge in [-0.2, -0.15) is 0 Å². The molecule has 2 aromatic rings. The third kappa shape index (κ3) is 3.36. The number of hydrogen-bond donors (Lipinski definition) is 0. The van der Waals surface area contributed by atoms with Crippen molar-refractivity contribution in [2.45, 2.75) is 26.2 Å². The van der Waals surface area contributed by atoms with Crippen LogP contribution in [0.1, 0.15) is 42.1 Å². The topological polar surface area (TPSA) is 60.4 Å². The molecular weight excluding hydrogens is 396 g/mol. The quantitative estimate of drug-likeness (QED) is 0.311. The Morgan fingerprint density at radius 3 is 2.46 bits per heavy atom. The first-order valence-electron chi connectivity index (χ1n) is 8.55. The number of ether oxygens (including phenoxy) is 1. The second-order valence-electron chi connectivity index (χ2n) is 6.46. The van der Waals surface area contributed by atoms with Crippen molar-refractivity contribution in [2.24, 2.45) is 11.8 Å². The first-order valence-corrected chi connectivity index (χ1v) is 9.34. The van der Waals surface area contributed by atoms with Gasteiger partial charge in [0.15, 0.2) is 5.78 Å². The number of carbonyl (C=O) groups is 3. The molecule has 0 aliphatic carbocycles. The molecule has 0 bridgehead atoms. The van der Waals surface area contributed by atoms with Crippen LogP contribution in [0.5, 0.6) is 5.75 Å². The number of carbonyl (C=O) groups excluding carboxylic acids is 3. The number of fused-ring (bicyclic) bond motifs is 1. The fraction of sp³-hybridized carbons (Fsp3) is 0.286. The SMILES string of the molecule is CC[C@@H](C(=O)c1ccccc1)[C@H]1c2cc(Br)ccc2OC(=O)[C@H]1C(C)=O. The van der Waals surface area contributed by atoms with E-state index in [4.69, 9.17) is 4.74 Å². The summed E-state index contributed by atoms with van der Waals surface area (Å²) in [5, 5.41) is 0. The van der Waals surface area contributed by atoms with Crippen LogP contribution in [0, 0.1) is 11.8 Å². The average molecular weight is 415 g/mol. The Balaban J connectivity index is 2.14. The minimum atomic E-state index is -0.977. The molecule has 0 radical (unpaired) electrons.